The summed E-state index contributed by atoms with van der Waals surface area (Å²) in [6.07, 6.45) is 0.821. The van der Waals surface area contributed by atoms with Crippen LogP contribution in [-0.4, -0.2) is 37.8 Å². The van der Waals surface area contributed by atoms with E-state index in [1.165, 1.54) is 0 Å². The summed E-state index contributed by atoms with van der Waals surface area (Å²) in [5, 5.41) is 3.92. The number of rotatable bonds is 7. The molecule has 1 aromatic heterocycles. The molecule has 1 amide bonds. The smallest absolute Gasteiger partial charge is 0.252 e. The van der Waals surface area contributed by atoms with Crippen LogP contribution < -0.4 is 19.5 Å². The summed E-state index contributed by atoms with van der Waals surface area (Å²) in [4.78, 5) is 17.9. The molecular formula is C24H28N2O4. The van der Waals surface area contributed by atoms with Gasteiger partial charge in [0.15, 0.2) is 11.5 Å². The molecule has 0 radical (unpaired) electrons. The number of nitrogens with one attached hydrogen (secondary N) is 1. The summed E-state index contributed by atoms with van der Waals surface area (Å²) in [6, 6.07) is 13.1. The Morgan fingerprint density at radius 2 is 1.63 bits per heavy atom. The summed E-state index contributed by atoms with van der Waals surface area (Å²) in [6.45, 7) is 6.06. The number of nitrogens with zero attached hydrogens (tertiary/aromatic N) is 1. The third-order valence-electron chi connectivity index (χ3n) is 5.26. The normalized spacial score (nSPS) is 11.3. The first-order valence-corrected chi connectivity index (χ1v) is 9.86. The number of benzene rings is 2. The zero-order chi connectivity index (χ0) is 21.9. The van der Waals surface area contributed by atoms with E-state index in [4.69, 9.17) is 19.2 Å². The van der Waals surface area contributed by atoms with Crippen molar-refractivity contribution in [2.24, 2.45) is 0 Å². The third-order valence-corrected chi connectivity index (χ3v) is 5.26. The first-order chi connectivity index (χ1) is 14.3. The van der Waals surface area contributed by atoms with Crippen molar-refractivity contribution in [2.75, 3.05) is 21.3 Å². The maximum atomic E-state index is 13.2. The molecule has 2 aromatic carbocycles. The molecule has 0 saturated carbocycles. The van der Waals surface area contributed by atoms with Crippen molar-refractivity contribution >= 4 is 16.8 Å². The van der Waals surface area contributed by atoms with Gasteiger partial charge in [-0.2, -0.15) is 0 Å². The number of hydrogen-bond donors (Lipinski definition) is 1. The van der Waals surface area contributed by atoms with E-state index in [0.717, 1.165) is 22.9 Å². The van der Waals surface area contributed by atoms with Gasteiger partial charge in [0.25, 0.3) is 5.91 Å². The van der Waals surface area contributed by atoms with Crippen LogP contribution in [0, 0.1) is 0 Å². The van der Waals surface area contributed by atoms with Gasteiger partial charge >= 0.3 is 0 Å². The molecule has 0 aliphatic rings. The Balaban J connectivity index is 2.20. The molecule has 1 N–H and O–H groups in total. The van der Waals surface area contributed by atoms with E-state index in [2.05, 4.69) is 5.32 Å². The van der Waals surface area contributed by atoms with Gasteiger partial charge in [0.05, 0.1) is 38.1 Å². The Morgan fingerprint density at radius 3 is 2.20 bits per heavy atom. The zero-order valence-electron chi connectivity index (χ0n) is 18.3. The fourth-order valence-corrected chi connectivity index (χ4v) is 3.20. The standard InChI is InChI=1S/C24H28N2O4/c1-7-24(2,3)26-23(27)17-14-19(25-18-11-9-8-10-16(17)18)15-12-20(28-4)22(30-6)21(13-15)29-5/h8-14H,7H2,1-6H3,(H,26,27). The number of carbonyl (C=O) groups is 1. The molecule has 158 valence electrons. The van der Waals surface area contributed by atoms with Crippen LogP contribution in [0.25, 0.3) is 22.2 Å². The SMILES string of the molecule is CCC(C)(C)NC(=O)c1cc(-c2cc(OC)c(OC)c(OC)c2)nc2ccccc12. The Labute approximate surface area is 177 Å². The molecule has 3 aromatic rings. The largest absolute Gasteiger partial charge is 0.493 e. The van der Waals surface area contributed by atoms with E-state index in [1.54, 1.807) is 21.3 Å². The van der Waals surface area contributed by atoms with E-state index >= 15 is 0 Å². The van der Waals surface area contributed by atoms with Crippen molar-refractivity contribution in [2.45, 2.75) is 32.7 Å². The average Bonchev–Trinajstić information content (AvgIpc) is 2.76. The predicted molar refractivity (Wildman–Crippen MR) is 119 cm³/mol. The number of methoxy groups -OCH3 is 3. The van der Waals surface area contributed by atoms with Crippen molar-refractivity contribution in [3.8, 4) is 28.5 Å². The molecule has 0 unspecified atom stereocenters. The van der Waals surface area contributed by atoms with Crippen molar-refractivity contribution in [3.63, 3.8) is 0 Å². The van der Waals surface area contributed by atoms with E-state index in [-0.39, 0.29) is 11.4 Å². The molecule has 0 atom stereocenters. The van der Waals surface area contributed by atoms with Crippen LogP contribution in [0.1, 0.15) is 37.6 Å². The zero-order valence-corrected chi connectivity index (χ0v) is 18.3. The average molecular weight is 408 g/mol. The molecule has 1 heterocycles. The number of fused-ring (bicyclic) bond motifs is 1. The third kappa shape index (κ3) is 4.17. The van der Waals surface area contributed by atoms with Crippen LogP contribution in [-0.2, 0) is 0 Å². The summed E-state index contributed by atoms with van der Waals surface area (Å²) in [7, 11) is 4.70. The second-order valence-electron chi connectivity index (χ2n) is 7.68. The number of hydrogen-bond acceptors (Lipinski definition) is 5. The second kappa shape index (κ2) is 8.61. The number of ether oxygens (including phenoxy) is 3. The highest BCUT2D eigenvalue weighted by atomic mass is 16.5. The number of para-hydroxylation sites is 1. The van der Waals surface area contributed by atoms with Crippen molar-refractivity contribution in [1.82, 2.24) is 10.3 Å². The highest BCUT2D eigenvalue weighted by Gasteiger charge is 2.22. The summed E-state index contributed by atoms with van der Waals surface area (Å²) < 4.78 is 16.4. The van der Waals surface area contributed by atoms with Crippen LogP contribution in [0.15, 0.2) is 42.5 Å². The van der Waals surface area contributed by atoms with Gasteiger partial charge in [0.2, 0.25) is 5.75 Å². The molecule has 0 aliphatic carbocycles. The van der Waals surface area contributed by atoms with Crippen LogP contribution in [0.4, 0.5) is 0 Å². The molecule has 30 heavy (non-hydrogen) atoms. The maximum absolute atomic E-state index is 13.2. The molecule has 0 bridgehead atoms. The quantitative estimate of drug-likeness (QED) is 0.605. The first kappa shape index (κ1) is 21.4. The molecule has 0 fully saturated rings. The Hall–Kier alpha value is -3.28. The lowest BCUT2D eigenvalue weighted by Crippen LogP contribution is -2.42. The maximum Gasteiger partial charge on any atom is 0.252 e. The van der Waals surface area contributed by atoms with Crippen molar-refractivity contribution in [1.29, 1.82) is 0 Å². The number of amides is 1. The molecular weight excluding hydrogens is 380 g/mol. The van der Waals surface area contributed by atoms with Crippen LogP contribution in [0.5, 0.6) is 17.2 Å². The molecule has 0 saturated heterocycles. The summed E-state index contributed by atoms with van der Waals surface area (Å²) in [5.41, 5.74) is 2.41. The predicted octanol–water partition coefficient (Wildman–Crippen LogP) is 4.85. The Morgan fingerprint density at radius 1 is 1.00 bits per heavy atom. The molecule has 3 rings (SSSR count). The van der Waals surface area contributed by atoms with Gasteiger partial charge in [0.1, 0.15) is 0 Å². The van der Waals surface area contributed by atoms with Gasteiger partial charge in [-0.1, -0.05) is 25.1 Å². The van der Waals surface area contributed by atoms with E-state index in [0.29, 0.717) is 28.5 Å². The minimum Gasteiger partial charge on any atom is -0.493 e. The summed E-state index contributed by atoms with van der Waals surface area (Å²) in [5.74, 6) is 1.43. The molecule has 0 aliphatic heterocycles. The minimum atomic E-state index is -0.311. The van der Waals surface area contributed by atoms with Crippen LogP contribution in [0.2, 0.25) is 0 Å². The molecule has 6 nitrogen and oxygen atoms in total. The Bertz CT molecular complexity index is 1050. The van der Waals surface area contributed by atoms with Crippen molar-refractivity contribution in [3.05, 3.63) is 48.0 Å². The topological polar surface area (TPSA) is 69.7 Å². The van der Waals surface area contributed by atoms with Crippen molar-refractivity contribution < 1.29 is 19.0 Å². The van der Waals surface area contributed by atoms with Crippen LogP contribution >= 0.6 is 0 Å². The lowest BCUT2D eigenvalue weighted by Gasteiger charge is -2.25. The van der Waals surface area contributed by atoms with Crippen LogP contribution in [0.3, 0.4) is 0 Å². The van der Waals surface area contributed by atoms with E-state index in [9.17, 15) is 4.79 Å². The van der Waals surface area contributed by atoms with E-state index < -0.39 is 0 Å². The van der Waals surface area contributed by atoms with Gasteiger partial charge in [-0.05, 0) is 44.5 Å². The van der Waals surface area contributed by atoms with Gasteiger partial charge in [-0.25, -0.2) is 4.98 Å². The first-order valence-electron chi connectivity index (χ1n) is 9.86. The monoisotopic (exact) mass is 408 g/mol. The van der Waals surface area contributed by atoms with Gasteiger partial charge in [0, 0.05) is 16.5 Å². The fraction of sp³-hybridized carbons (Fsp3) is 0.333. The fourth-order valence-electron chi connectivity index (χ4n) is 3.20. The minimum absolute atomic E-state index is 0.130. The lowest BCUT2D eigenvalue weighted by molar-refractivity contribution is 0.0913. The Kier molecular flexibility index (Phi) is 6.15. The number of carbonyl (C=O) groups excluding carboxylic acids is 1. The van der Waals surface area contributed by atoms with Gasteiger partial charge in [-0.3, -0.25) is 4.79 Å². The molecule has 6 heteroatoms. The number of pyridine rings is 1. The highest BCUT2D eigenvalue weighted by Crippen LogP contribution is 2.41. The summed E-state index contributed by atoms with van der Waals surface area (Å²) >= 11 is 0. The second-order valence-corrected chi connectivity index (χ2v) is 7.68. The lowest BCUT2D eigenvalue weighted by atomic mass is 9.99. The highest BCUT2D eigenvalue weighted by molar-refractivity contribution is 6.07. The van der Waals surface area contributed by atoms with E-state index in [1.807, 2.05) is 63.2 Å². The van der Waals surface area contributed by atoms with Gasteiger partial charge in [-0.15, -0.1) is 0 Å². The number of aromatic nitrogens is 1. The van der Waals surface area contributed by atoms with Gasteiger partial charge < -0.3 is 19.5 Å². The molecule has 0 spiro atoms.